The lowest BCUT2D eigenvalue weighted by atomic mass is 10.1. The number of rotatable bonds is 8. The molecule has 0 aliphatic carbocycles. The summed E-state index contributed by atoms with van der Waals surface area (Å²) < 4.78 is 4.80. The van der Waals surface area contributed by atoms with Gasteiger partial charge in [0.05, 0.1) is 46.7 Å². The van der Waals surface area contributed by atoms with Crippen LogP contribution in [0.2, 0.25) is 0 Å². The second-order valence-electron chi connectivity index (χ2n) is 8.47. The highest BCUT2D eigenvalue weighted by Crippen LogP contribution is 2.29. The molecule has 37 heavy (non-hydrogen) atoms. The summed E-state index contributed by atoms with van der Waals surface area (Å²) in [6.45, 7) is 5.58. The van der Waals surface area contributed by atoms with Gasteiger partial charge in [0.15, 0.2) is 0 Å². The molecule has 0 fully saturated rings. The van der Waals surface area contributed by atoms with Crippen molar-refractivity contribution in [1.29, 1.82) is 0 Å². The third-order valence-electron chi connectivity index (χ3n) is 6.19. The molecular formula is C27H27N7O3. The Morgan fingerprint density at radius 3 is 2.62 bits per heavy atom. The zero-order chi connectivity index (χ0) is 25.9. The van der Waals surface area contributed by atoms with Crippen molar-refractivity contribution < 1.29 is 14.3 Å². The number of hydrogen-bond donors (Lipinski definition) is 4. The summed E-state index contributed by atoms with van der Waals surface area (Å²) in [5.41, 5.74) is 5.37. The van der Waals surface area contributed by atoms with Crippen LogP contribution in [-0.4, -0.2) is 52.2 Å². The van der Waals surface area contributed by atoms with E-state index in [1.807, 2.05) is 30.3 Å². The number of carbonyl (C=O) groups excluding carboxylic acids is 2. The summed E-state index contributed by atoms with van der Waals surface area (Å²) in [6.07, 6.45) is 1.74. The number of carbonyl (C=O) groups is 2. The number of aromatic amines is 2. The predicted octanol–water partition coefficient (Wildman–Crippen LogP) is 5.07. The fourth-order valence-electron chi connectivity index (χ4n) is 4.30. The van der Waals surface area contributed by atoms with Crippen molar-refractivity contribution in [3.05, 3.63) is 71.9 Å². The van der Waals surface area contributed by atoms with Gasteiger partial charge in [-0.2, -0.15) is 5.10 Å². The number of ether oxygens (including phenoxy) is 1. The molecule has 0 aliphatic heterocycles. The number of imidazole rings is 1. The van der Waals surface area contributed by atoms with Crippen LogP contribution in [0.5, 0.6) is 0 Å². The van der Waals surface area contributed by atoms with E-state index in [-0.39, 0.29) is 5.91 Å². The van der Waals surface area contributed by atoms with Crippen LogP contribution in [0, 0.1) is 0 Å². The molecule has 4 N–H and O–H groups in total. The Labute approximate surface area is 213 Å². The van der Waals surface area contributed by atoms with Crippen LogP contribution in [0.1, 0.15) is 34.6 Å². The normalized spacial score (nSPS) is 11.0. The number of nitrogens with zero attached hydrogens (tertiary/aromatic N) is 3. The van der Waals surface area contributed by atoms with E-state index in [0.717, 1.165) is 35.2 Å². The molecule has 3 aromatic carbocycles. The quantitative estimate of drug-likeness (QED) is 0.220. The first kappa shape index (κ1) is 23.9. The third kappa shape index (κ3) is 4.81. The highest BCUT2D eigenvalue weighted by Gasteiger charge is 2.19. The average molecular weight is 498 g/mol. The minimum absolute atomic E-state index is 0.231. The number of amides is 1. The number of methoxy groups -OCH3 is 1. The van der Waals surface area contributed by atoms with Crippen LogP contribution in [-0.2, 0) is 4.74 Å². The molecule has 5 aromatic rings. The number of nitrogens with one attached hydrogen (secondary N) is 4. The van der Waals surface area contributed by atoms with Crippen LogP contribution >= 0.6 is 0 Å². The fraction of sp³-hybridized carbons (Fsp3) is 0.185. The van der Waals surface area contributed by atoms with E-state index in [1.54, 1.807) is 30.5 Å². The predicted molar refractivity (Wildman–Crippen MR) is 145 cm³/mol. The van der Waals surface area contributed by atoms with Crippen LogP contribution in [0.3, 0.4) is 0 Å². The van der Waals surface area contributed by atoms with Crippen molar-refractivity contribution in [3.63, 3.8) is 0 Å². The molecular weight excluding hydrogens is 470 g/mol. The van der Waals surface area contributed by atoms with Crippen molar-refractivity contribution in [2.75, 3.05) is 35.7 Å². The molecule has 0 saturated carbocycles. The first-order chi connectivity index (χ1) is 18.0. The Morgan fingerprint density at radius 1 is 1.00 bits per heavy atom. The van der Waals surface area contributed by atoms with Gasteiger partial charge in [0.1, 0.15) is 0 Å². The molecule has 0 saturated heterocycles. The lowest BCUT2D eigenvalue weighted by Crippen LogP contribution is -2.25. The Kier molecular flexibility index (Phi) is 6.46. The molecule has 0 unspecified atom stereocenters. The number of benzene rings is 3. The van der Waals surface area contributed by atoms with E-state index in [4.69, 9.17) is 4.74 Å². The lowest BCUT2D eigenvalue weighted by molar-refractivity contribution is 0.0600. The van der Waals surface area contributed by atoms with E-state index in [9.17, 15) is 9.59 Å². The average Bonchev–Trinajstić information content (AvgIpc) is 3.54. The molecule has 0 atom stereocenters. The highest BCUT2D eigenvalue weighted by atomic mass is 16.5. The van der Waals surface area contributed by atoms with Gasteiger partial charge in [0.25, 0.3) is 5.91 Å². The van der Waals surface area contributed by atoms with Gasteiger partial charge in [-0.25, -0.2) is 9.78 Å². The smallest absolute Gasteiger partial charge is 0.337 e. The zero-order valence-electron chi connectivity index (χ0n) is 20.8. The van der Waals surface area contributed by atoms with Crippen molar-refractivity contribution in [2.24, 2.45) is 0 Å². The molecule has 2 heterocycles. The van der Waals surface area contributed by atoms with Gasteiger partial charge in [-0.1, -0.05) is 6.07 Å². The Bertz CT molecular complexity index is 1600. The largest absolute Gasteiger partial charge is 0.465 e. The summed E-state index contributed by atoms with van der Waals surface area (Å²) in [6, 6.07) is 16.3. The standard InChI is InChI=1S/C27H27N7O3/c1-4-34(5-2)24-14-23-22(31-27(32-23)30-18-8-6-7-16(11-18)26(36)37-3)13-20(24)25(35)29-19-10-9-17-15-28-33-21(17)12-19/h6-15H,4-5H2,1-3H3,(H,28,33)(H,29,35)(H2,30,31,32). The van der Waals surface area contributed by atoms with E-state index in [1.165, 1.54) is 7.11 Å². The molecule has 0 aliphatic rings. The third-order valence-corrected chi connectivity index (χ3v) is 6.19. The maximum atomic E-state index is 13.5. The maximum absolute atomic E-state index is 13.5. The minimum atomic E-state index is -0.417. The maximum Gasteiger partial charge on any atom is 0.337 e. The van der Waals surface area contributed by atoms with Crippen LogP contribution in [0.25, 0.3) is 21.9 Å². The topological polar surface area (TPSA) is 128 Å². The molecule has 0 spiro atoms. The molecule has 10 nitrogen and oxygen atoms in total. The van der Waals surface area contributed by atoms with E-state index < -0.39 is 5.97 Å². The monoisotopic (exact) mass is 497 g/mol. The zero-order valence-corrected chi connectivity index (χ0v) is 20.8. The van der Waals surface area contributed by atoms with Gasteiger partial charge >= 0.3 is 5.97 Å². The van der Waals surface area contributed by atoms with Crippen LogP contribution < -0.4 is 15.5 Å². The number of esters is 1. The minimum Gasteiger partial charge on any atom is -0.465 e. The molecule has 10 heteroatoms. The molecule has 0 bridgehead atoms. The Balaban J connectivity index is 1.48. The number of fused-ring (bicyclic) bond motifs is 2. The van der Waals surface area contributed by atoms with Gasteiger partial charge in [0, 0.05) is 29.9 Å². The van der Waals surface area contributed by atoms with E-state index in [0.29, 0.717) is 34.0 Å². The second-order valence-corrected chi connectivity index (χ2v) is 8.47. The van der Waals surface area contributed by atoms with Crippen molar-refractivity contribution >= 4 is 56.8 Å². The van der Waals surface area contributed by atoms with Crippen molar-refractivity contribution in [1.82, 2.24) is 20.2 Å². The van der Waals surface area contributed by atoms with Crippen LogP contribution in [0.15, 0.2) is 60.8 Å². The molecule has 2 aromatic heterocycles. The number of anilines is 4. The molecule has 0 radical (unpaired) electrons. The Hall–Kier alpha value is -4.86. The first-order valence-corrected chi connectivity index (χ1v) is 12.0. The number of aromatic nitrogens is 4. The summed E-state index contributed by atoms with van der Waals surface area (Å²) in [5.74, 6) is -0.157. The van der Waals surface area contributed by atoms with Gasteiger partial charge < -0.3 is 25.3 Å². The van der Waals surface area contributed by atoms with Gasteiger partial charge in [-0.3, -0.25) is 9.89 Å². The number of hydrogen-bond acceptors (Lipinski definition) is 7. The van der Waals surface area contributed by atoms with Crippen molar-refractivity contribution in [2.45, 2.75) is 13.8 Å². The summed E-state index contributed by atoms with van der Waals surface area (Å²) in [4.78, 5) is 35.4. The lowest BCUT2D eigenvalue weighted by Gasteiger charge is -2.24. The first-order valence-electron chi connectivity index (χ1n) is 12.0. The summed E-state index contributed by atoms with van der Waals surface area (Å²) in [5, 5.41) is 14.1. The molecule has 188 valence electrons. The van der Waals surface area contributed by atoms with E-state index in [2.05, 4.69) is 49.5 Å². The van der Waals surface area contributed by atoms with Crippen molar-refractivity contribution in [3.8, 4) is 0 Å². The summed E-state index contributed by atoms with van der Waals surface area (Å²) >= 11 is 0. The molecule has 1 amide bonds. The molecule has 5 rings (SSSR count). The van der Waals surface area contributed by atoms with Gasteiger partial charge in [-0.05, 0) is 62.4 Å². The highest BCUT2D eigenvalue weighted by molar-refractivity contribution is 6.11. The fourth-order valence-corrected chi connectivity index (χ4v) is 4.30. The van der Waals surface area contributed by atoms with Crippen LogP contribution in [0.4, 0.5) is 23.0 Å². The van der Waals surface area contributed by atoms with Gasteiger partial charge in [0.2, 0.25) is 5.95 Å². The van der Waals surface area contributed by atoms with Gasteiger partial charge in [-0.15, -0.1) is 0 Å². The second kappa shape index (κ2) is 10.0. The summed E-state index contributed by atoms with van der Waals surface area (Å²) in [7, 11) is 1.35. The van der Waals surface area contributed by atoms with E-state index >= 15 is 0 Å². The SMILES string of the molecule is CCN(CC)c1cc2[nH]c(Nc3cccc(C(=O)OC)c3)nc2cc1C(=O)Nc1ccc2cn[nH]c2c1. The number of H-pyrrole nitrogens is 2. The Morgan fingerprint density at radius 2 is 1.84 bits per heavy atom.